The standard InChI is InChI=1S/C23H37N3O.2ClH/c1-23(2,3)17-25-22(27)11-7-10-21-20-12-19(13-24-21)15-26(16-20)14-18-8-5-4-6-9-18;;/h4-6,8-9,19-21,24H,7,10-17H2,1-3H3,(H,25,27);2*1H/t19?,20?,21-;;/m1../s1. The second-order valence-corrected chi connectivity index (χ2v) is 9.79. The number of amides is 1. The van der Waals surface area contributed by atoms with Crippen LogP contribution in [0.15, 0.2) is 30.3 Å². The topological polar surface area (TPSA) is 44.4 Å². The third-order valence-corrected chi connectivity index (χ3v) is 5.87. The number of carbonyl (C=O) groups is 1. The van der Waals surface area contributed by atoms with E-state index < -0.39 is 0 Å². The summed E-state index contributed by atoms with van der Waals surface area (Å²) in [5, 5.41) is 6.85. The van der Waals surface area contributed by atoms with Crippen LogP contribution < -0.4 is 10.6 Å². The molecule has 29 heavy (non-hydrogen) atoms. The molecule has 0 radical (unpaired) electrons. The number of hydrogen-bond acceptors (Lipinski definition) is 3. The summed E-state index contributed by atoms with van der Waals surface area (Å²) in [6.07, 6.45) is 4.09. The van der Waals surface area contributed by atoms with Gasteiger partial charge in [-0.3, -0.25) is 9.69 Å². The Morgan fingerprint density at radius 3 is 2.59 bits per heavy atom. The summed E-state index contributed by atoms with van der Waals surface area (Å²) in [4.78, 5) is 14.7. The quantitative estimate of drug-likeness (QED) is 0.660. The van der Waals surface area contributed by atoms with Gasteiger partial charge in [-0.05, 0) is 48.6 Å². The smallest absolute Gasteiger partial charge is 0.220 e. The highest BCUT2D eigenvalue weighted by Gasteiger charge is 2.36. The molecule has 6 heteroatoms. The number of nitrogens with one attached hydrogen (secondary N) is 2. The van der Waals surface area contributed by atoms with E-state index >= 15 is 0 Å². The summed E-state index contributed by atoms with van der Waals surface area (Å²) in [5.41, 5.74) is 1.57. The van der Waals surface area contributed by atoms with E-state index in [-0.39, 0.29) is 36.1 Å². The Morgan fingerprint density at radius 2 is 1.90 bits per heavy atom. The highest BCUT2D eigenvalue weighted by molar-refractivity contribution is 5.85. The van der Waals surface area contributed by atoms with Crippen molar-refractivity contribution in [1.82, 2.24) is 15.5 Å². The Bertz CT molecular complexity index is 606. The van der Waals surface area contributed by atoms with Gasteiger partial charge >= 0.3 is 0 Å². The molecule has 2 unspecified atom stereocenters. The van der Waals surface area contributed by atoms with Crippen molar-refractivity contribution in [3.63, 3.8) is 0 Å². The number of halogens is 2. The molecule has 166 valence electrons. The van der Waals surface area contributed by atoms with Gasteiger partial charge in [-0.25, -0.2) is 0 Å². The minimum absolute atomic E-state index is 0. The van der Waals surface area contributed by atoms with Crippen molar-refractivity contribution in [1.29, 1.82) is 0 Å². The summed E-state index contributed by atoms with van der Waals surface area (Å²) >= 11 is 0. The predicted octanol–water partition coefficient (Wildman–Crippen LogP) is 4.27. The van der Waals surface area contributed by atoms with Gasteiger partial charge in [-0.15, -0.1) is 24.8 Å². The minimum Gasteiger partial charge on any atom is -0.356 e. The van der Waals surface area contributed by atoms with Crippen molar-refractivity contribution in [2.24, 2.45) is 17.3 Å². The summed E-state index contributed by atoms with van der Waals surface area (Å²) in [7, 11) is 0. The van der Waals surface area contributed by atoms with Crippen LogP contribution in [-0.2, 0) is 11.3 Å². The van der Waals surface area contributed by atoms with Crippen LogP contribution in [-0.4, -0.2) is 43.0 Å². The Labute approximate surface area is 189 Å². The van der Waals surface area contributed by atoms with Crippen molar-refractivity contribution in [3.8, 4) is 0 Å². The maximum atomic E-state index is 12.1. The van der Waals surface area contributed by atoms with Gasteiger partial charge in [0, 0.05) is 38.6 Å². The molecule has 0 aromatic heterocycles. The Kier molecular flexibility index (Phi) is 11.0. The van der Waals surface area contributed by atoms with Crippen LogP contribution in [0.1, 0.15) is 52.0 Å². The SMILES string of the molecule is CC(C)(C)CNC(=O)CCC[C@H]1NCC2CC1CN(Cc1ccccc1)C2.Cl.Cl. The molecule has 4 nitrogen and oxygen atoms in total. The largest absolute Gasteiger partial charge is 0.356 e. The maximum absolute atomic E-state index is 12.1. The lowest BCUT2D eigenvalue weighted by Gasteiger charge is -2.46. The van der Waals surface area contributed by atoms with Gasteiger partial charge in [0.15, 0.2) is 0 Å². The molecular formula is C23H39Cl2N3O. The highest BCUT2D eigenvalue weighted by atomic mass is 35.5. The molecular weight excluding hydrogens is 405 g/mol. The van der Waals surface area contributed by atoms with Gasteiger partial charge < -0.3 is 10.6 Å². The van der Waals surface area contributed by atoms with E-state index in [0.29, 0.717) is 12.5 Å². The Hall–Kier alpha value is -0.810. The average molecular weight is 444 g/mol. The van der Waals surface area contributed by atoms with Gasteiger partial charge in [-0.1, -0.05) is 51.1 Å². The number of fused-ring (bicyclic) bond motifs is 2. The second kappa shape index (κ2) is 12.1. The molecule has 2 bridgehead atoms. The molecule has 0 saturated carbocycles. The van der Waals surface area contributed by atoms with Crippen LogP contribution in [0, 0.1) is 17.3 Å². The Morgan fingerprint density at radius 1 is 1.17 bits per heavy atom. The van der Waals surface area contributed by atoms with Crippen LogP contribution in [0.4, 0.5) is 0 Å². The molecule has 2 saturated heterocycles. The van der Waals surface area contributed by atoms with E-state index in [1.807, 2.05) is 0 Å². The molecule has 1 amide bonds. The van der Waals surface area contributed by atoms with Crippen molar-refractivity contribution in [2.75, 3.05) is 26.2 Å². The number of benzene rings is 1. The fourth-order valence-corrected chi connectivity index (χ4v) is 4.52. The summed E-state index contributed by atoms with van der Waals surface area (Å²) in [6, 6.07) is 11.4. The monoisotopic (exact) mass is 443 g/mol. The van der Waals surface area contributed by atoms with E-state index in [1.165, 1.54) is 25.1 Å². The number of rotatable bonds is 7. The van der Waals surface area contributed by atoms with Crippen molar-refractivity contribution in [3.05, 3.63) is 35.9 Å². The van der Waals surface area contributed by atoms with E-state index in [0.717, 1.165) is 44.3 Å². The van der Waals surface area contributed by atoms with E-state index in [9.17, 15) is 4.79 Å². The van der Waals surface area contributed by atoms with E-state index in [1.54, 1.807) is 0 Å². The third kappa shape index (κ3) is 8.84. The van der Waals surface area contributed by atoms with Crippen LogP contribution in [0.3, 0.4) is 0 Å². The van der Waals surface area contributed by atoms with Crippen LogP contribution in [0.2, 0.25) is 0 Å². The molecule has 0 aliphatic carbocycles. The summed E-state index contributed by atoms with van der Waals surface area (Å²) in [6.45, 7) is 11.8. The Balaban J connectivity index is 0.00000210. The molecule has 1 aromatic rings. The average Bonchev–Trinajstić information content (AvgIpc) is 2.62. The third-order valence-electron chi connectivity index (χ3n) is 5.87. The van der Waals surface area contributed by atoms with Crippen LogP contribution in [0.25, 0.3) is 0 Å². The predicted molar refractivity (Wildman–Crippen MR) is 126 cm³/mol. The fraction of sp³-hybridized carbons (Fsp3) is 0.696. The maximum Gasteiger partial charge on any atom is 0.220 e. The lowest BCUT2D eigenvalue weighted by atomic mass is 9.79. The first-order valence-electron chi connectivity index (χ1n) is 10.7. The van der Waals surface area contributed by atoms with Crippen LogP contribution in [0.5, 0.6) is 0 Å². The molecule has 3 rings (SSSR count). The number of hydrogen-bond donors (Lipinski definition) is 2. The first kappa shape index (κ1) is 26.2. The lowest BCUT2D eigenvalue weighted by Crippen LogP contribution is -2.55. The first-order chi connectivity index (χ1) is 12.9. The molecule has 2 fully saturated rings. The zero-order chi connectivity index (χ0) is 19.3. The molecule has 2 aliphatic rings. The van der Waals surface area contributed by atoms with Crippen LogP contribution >= 0.6 is 24.8 Å². The lowest BCUT2D eigenvalue weighted by molar-refractivity contribution is -0.121. The number of nitrogens with zero attached hydrogens (tertiary/aromatic N) is 1. The van der Waals surface area contributed by atoms with Gasteiger partial charge in [0.25, 0.3) is 0 Å². The molecule has 2 heterocycles. The van der Waals surface area contributed by atoms with E-state index in [4.69, 9.17) is 0 Å². The molecule has 1 aromatic carbocycles. The molecule has 0 spiro atoms. The fourth-order valence-electron chi connectivity index (χ4n) is 4.52. The number of carbonyl (C=O) groups excluding carboxylic acids is 1. The molecule has 2 aliphatic heterocycles. The van der Waals surface area contributed by atoms with Gasteiger partial charge in [0.05, 0.1) is 0 Å². The first-order valence-corrected chi connectivity index (χ1v) is 10.7. The van der Waals surface area contributed by atoms with Gasteiger partial charge in [0.1, 0.15) is 0 Å². The highest BCUT2D eigenvalue weighted by Crippen LogP contribution is 2.31. The van der Waals surface area contributed by atoms with E-state index in [2.05, 4.69) is 66.6 Å². The van der Waals surface area contributed by atoms with Crippen molar-refractivity contribution >= 4 is 30.7 Å². The zero-order valence-corrected chi connectivity index (χ0v) is 19.8. The summed E-state index contributed by atoms with van der Waals surface area (Å²) in [5.74, 6) is 1.70. The van der Waals surface area contributed by atoms with Crippen molar-refractivity contribution in [2.45, 2.75) is 59.0 Å². The number of likely N-dealkylation sites (tertiary alicyclic amines) is 1. The van der Waals surface area contributed by atoms with Gasteiger partial charge in [0.2, 0.25) is 5.91 Å². The second-order valence-electron chi connectivity index (χ2n) is 9.79. The number of piperidine rings is 2. The molecule has 2 N–H and O–H groups in total. The molecule has 3 atom stereocenters. The minimum atomic E-state index is 0. The van der Waals surface area contributed by atoms with Crippen molar-refractivity contribution < 1.29 is 4.79 Å². The summed E-state index contributed by atoms with van der Waals surface area (Å²) < 4.78 is 0. The zero-order valence-electron chi connectivity index (χ0n) is 18.2. The van der Waals surface area contributed by atoms with Gasteiger partial charge in [-0.2, -0.15) is 0 Å². The normalized spacial score (nSPS) is 24.2.